The van der Waals surface area contributed by atoms with E-state index in [1.54, 1.807) is 0 Å². The summed E-state index contributed by atoms with van der Waals surface area (Å²) >= 11 is 2.81. The normalized spacial score (nSPS) is 11.2. The Morgan fingerprint density at radius 1 is 1.24 bits per heavy atom. The molecule has 1 amide bonds. The molecule has 2 aromatic rings. The molecule has 0 fully saturated rings. The van der Waals surface area contributed by atoms with Gasteiger partial charge in [-0.15, -0.1) is 0 Å². The first-order chi connectivity index (χ1) is 9.77. The van der Waals surface area contributed by atoms with Crippen LogP contribution in [0.3, 0.4) is 0 Å². The van der Waals surface area contributed by atoms with Crippen LogP contribution in [0.2, 0.25) is 0 Å². The largest absolute Gasteiger partial charge is 0.506 e. The van der Waals surface area contributed by atoms with Gasteiger partial charge in [0.05, 0.1) is 17.3 Å². The number of pyridine rings is 1. The van der Waals surface area contributed by atoms with Gasteiger partial charge in [-0.05, 0) is 24.3 Å². The Hall–Kier alpha value is -2.09. The number of benzene rings is 1. The number of aromatic hydroxyl groups is 1. The van der Waals surface area contributed by atoms with E-state index in [2.05, 4.69) is 26.2 Å². The maximum absolute atomic E-state index is 12.8. The molecule has 0 spiro atoms. The van der Waals surface area contributed by atoms with Crippen molar-refractivity contribution in [2.45, 2.75) is 6.18 Å². The van der Waals surface area contributed by atoms with Gasteiger partial charge in [0.1, 0.15) is 5.75 Å². The number of carbonyl (C=O) groups excluding carboxylic acids is 1. The minimum absolute atomic E-state index is 0.0149. The molecule has 2 rings (SSSR count). The number of hydrogen-bond donors (Lipinski definition) is 2. The predicted octanol–water partition coefficient (Wildman–Crippen LogP) is 3.82. The van der Waals surface area contributed by atoms with Crippen LogP contribution in [0, 0.1) is 0 Å². The average Bonchev–Trinajstić information content (AvgIpc) is 2.39. The first kappa shape index (κ1) is 15.3. The Labute approximate surface area is 125 Å². The van der Waals surface area contributed by atoms with Crippen molar-refractivity contribution < 1.29 is 23.1 Å². The zero-order valence-corrected chi connectivity index (χ0v) is 11.9. The molecule has 21 heavy (non-hydrogen) atoms. The summed E-state index contributed by atoms with van der Waals surface area (Å²) < 4.78 is 38.2. The predicted molar refractivity (Wildman–Crippen MR) is 73.0 cm³/mol. The van der Waals surface area contributed by atoms with Crippen LogP contribution in [-0.2, 0) is 6.18 Å². The third-order valence-electron chi connectivity index (χ3n) is 2.52. The highest BCUT2D eigenvalue weighted by Crippen LogP contribution is 2.36. The number of rotatable bonds is 2. The number of anilines is 1. The lowest BCUT2D eigenvalue weighted by Crippen LogP contribution is -2.13. The first-order valence-electron chi connectivity index (χ1n) is 5.59. The summed E-state index contributed by atoms with van der Waals surface area (Å²) in [5.74, 6) is -0.886. The van der Waals surface area contributed by atoms with Crippen LogP contribution in [0.15, 0.2) is 41.1 Å². The van der Waals surface area contributed by atoms with Crippen LogP contribution >= 0.6 is 15.9 Å². The van der Waals surface area contributed by atoms with E-state index in [1.165, 1.54) is 18.3 Å². The molecule has 1 aromatic heterocycles. The van der Waals surface area contributed by atoms with E-state index in [1.807, 2.05) is 0 Å². The second-order valence-corrected chi connectivity index (χ2v) is 4.93. The van der Waals surface area contributed by atoms with Crippen molar-refractivity contribution in [2.24, 2.45) is 0 Å². The molecule has 110 valence electrons. The molecule has 2 N–H and O–H groups in total. The minimum Gasteiger partial charge on any atom is -0.506 e. The molecule has 0 saturated heterocycles. The SMILES string of the molecule is O=C(Nc1ccc(Br)c(C(F)(F)F)c1)c1cncc(O)c1. The summed E-state index contributed by atoms with van der Waals surface area (Å²) in [7, 11) is 0. The van der Waals surface area contributed by atoms with Crippen LogP contribution in [0.1, 0.15) is 15.9 Å². The van der Waals surface area contributed by atoms with Crippen LogP contribution < -0.4 is 5.32 Å². The van der Waals surface area contributed by atoms with Crippen LogP contribution in [0.25, 0.3) is 0 Å². The molecule has 0 bridgehead atoms. The van der Waals surface area contributed by atoms with Gasteiger partial charge in [0.15, 0.2) is 0 Å². The Kier molecular flexibility index (Phi) is 4.17. The fourth-order valence-electron chi connectivity index (χ4n) is 1.58. The van der Waals surface area contributed by atoms with Gasteiger partial charge in [-0.3, -0.25) is 9.78 Å². The van der Waals surface area contributed by atoms with E-state index >= 15 is 0 Å². The van der Waals surface area contributed by atoms with Crippen molar-refractivity contribution >= 4 is 27.5 Å². The van der Waals surface area contributed by atoms with Gasteiger partial charge in [0.25, 0.3) is 5.91 Å². The smallest absolute Gasteiger partial charge is 0.417 e. The molecular formula is C13H8BrF3N2O2. The van der Waals surface area contributed by atoms with Crippen LogP contribution in [0.4, 0.5) is 18.9 Å². The monoisotopic (exact) mass is 360 g/mol. The molecule has 0 radical (unpaired) electrons. The standard InChI is InChI=1S/C13H8BrF3N2O2/c14-11-2-1-8(4-10(11)13(15,16)17)19-12(21)7-3-9(20)6-18-5-7/h1-6,20H,(H,19,21). The van der Waals surface area contributed by atoms with Crippen molar-refractivity contribution in [2.75, 3.05) is 5.32 Å². The van der Waals surface area contributed by atoms with E-state index < -0.39 is 17.6 Å². The summed E-state index contributed by atoms with van der Waals surface area (Å²) in [4.78, 5) is 15.5. The van der Waals surface area contributed by atoms with Crippen molar-refractivity contribution in [3.63, 3.8) is 0 Å². The quantitative estimate of drug-likeness (QED) is 0.855. The summed E-state index contributed by atoms with van der Waals surface area (Å²) in [5, 5.41) is 11.5. The van der Waals surface area contributed by atoms with Gasteiger partial charge in [0.2, 0.25) is 0 Å². The van der Waals surface area contributed by atoms with E-state index in [9.17, 15) is 23.1 Å². The van der Waals surface area contributed by atoms with Gasteiger partial charge in [0, 0.05) is 16.4 Å². The third-order valence-corrected chi connectivity index (χ3v) is 3.21. The van der Waals surface area contributed by atoms with Crippen molar-refractivity contribution in [3.05, 3.63) is 52.3 Å². The lowest BCUT2D eigenvalue weighted by atomic mass is 10.2. The van der Waals surface area contributed by atoms with Crippen molar-refractivity contribution in [1.82, 2.24) is 4.98 Å². The van der Waals surface area contributed by atoms with Crippen molar-refractivity contribution in [3.8, 4) is 5.75 Å². The average molecular weight is 361 g/mol. The number of amides is 1. The molecule has 1 heterocycles. The number of nitrogens with zero attached hydrogens (tertiary/aromatic N) is 1. The van der Waals surface area contributed by atoms with Crippen LogP contribution in [-0.4, -0.2) is 16.0 Å². The molecule has 0 unspecified atom stereocenters. The molecule has 0 aliphatic rings. The fourth-order valence-corrected chi connectivity index (χ4v) is 2.05. The van der Waals surface area contributed by atoms with Gasteiger partial charge < -0.3 is 10.4 Å². The Morgan fingerprint density at radius 3 is 2.57 bits per heavy atom. The maximum atomic E-state index is 12.8. The Morgan fingerprint density at radius 2 is 1.95 bits per heavy atom. The van der Waals surface area contributed by atoms with Gasteiger partial charge in [-0.25, -0.2) is 0 Å². The maximum Gasteiger partial charge on any atom is 0.417 e. The summed E-state index contributed by atoms with van der Waals surface area (Å²) in [5.41, 5.74) is -0.875. The zero-order chi connectivity index (χ0) is 15.6. The molecule has 4 nitrogen and oxygen atoms in total. The minimum atomic E-state index is -4.54. The van der Waals surface area contributed by atoms with Crippen LogP contribution in [0.5, 0.6) is 5.75 Å². The molecule has 0 aliphatic carbocycles. The van der Waals surface area contributed by atoms with E-state index in [-0.39, 0.29) is 21.5 Å². The lowest BCUT2D eigenvalue weighted by molar-refractivity contribution is -0.138. The zero-order valence-electron chi connectivity index (χ0n) is 10.3. The molecular weight excluding hydrogens is 353 g/mol. The summed E-state index contributed by atoms with van der Waals surface area (Å²) in [6, 6.07) is 4.50. The van der Waals surface area contributed by atoms with Gasteiger partial charge in [-0.2, -0.15) is 13.2 Å². The number of carbonyl (C=O) groups is 1. The van der Waals surface area contributed by atoms with E-state index in [0.717, 1.165) is 18.3 Å². The number of hydrogen-bond acceptors (Lipinski definition) is 3. The molecule has 0 atom stereocenters. The fraction of sp³-hybridized carbons (Fsp3) is 0.0769. The molecule has 0 aliphatic heterocycles. The second kappa shape index (κ2) is 5.72. The number of nitrogens with one attached hydrogen (secondary N) is 1. The highest BCUT2D eigenvalue weighted by Gasteiger charge is 2.33. The number of aromatic nitrogens is 1. The molecule has 1 aromatic carbocycles. The van der Waals surface area contributed by atoms with Gasteiger partial charge >= 0.3 is 6.18 Å². The Bertz CT molecular complexity index is 689. The van der Waals surface area contributed by atoms with Gasteiger partial charge in [-0.1, -0.05) is 15.9 Å². The topological polar surface area (TPSA) is 62.2 Å². The van der Waals surface area contributed by atoms with E-state index in [4.69, 9.17) is 0 Å². The summed E-state index contributed by atoms with van der Waals surface area (Å²) in [6.45, 7) is 0. The van der Waals surface area contributed by atoms with E-state index in [0.29, 0.717) is 0 Å². The number of alkyl halides is 3. The Balaban J connectivity index is 2.26. The highest BCUT2D eigenvalue weighted by atomic mass is 79.9. The number of halogens is 4. The molecule has 8 heteroatoms. The summed E-state index contributed by atoms with van der Waals surface area (Å²) in [6.07, 6.45) is -2.21. The second-order valence-electron chi connectivity index (χ2n) is 4.08. The highest BCUT2D eigenvalue weighted by molar-refractivity contribution is 9.10. The lowest BCUT2D eigenvalue weighted by Gasteiger charge is -2.12. The first-order valence-corrected chi connectivity index (χ1v) is 6.39. The third kappa shape index (κ3) is 3.72. The van der Waals surface area contributed by atoms with Crippen molar-refractivity contribution in [1.29, 1.82) is 0 Å². The molecule has 0 saturated carbocycles.